The molecule has 1 N–H and O–H groups in total. The molecule has 31 heavy (non-hydrogen) atoms. The quantitative estimate of drug-likeness (QED) is 0.623. The van der Waals surface area contributed by atoms with Gasteiger partial charge < -0.3 is 15.0 Å². The number of benzene rings is 2. The van der Waals surface area contributed by atoms with Gasteiger partial charge in [-0.15, -0.1) is 10.2 Å². The van der Waals surface area contributed by atoms with Crippen molar-refractivity contribution in [3.63, 3.8) is 0 Å². The van der Waals surface area contributed by atoms with Crippen LogP contribution in [0.5, 0.6) is 5.75 Å². The van der Waals surface area contributed by atoms with Crippen LogP contribution < -0.4 is 10.1 Å². The van der Waals surface area contributed by atoms with E-state index in [0.717, 1.165) is 37.3 Å². The molecular formula is C22H21FN4O3S. The van der Waals surface area contributed by atoms with Gasteiger partial charge in [0.15, 0.2) is 5.01 Å². The molecule has 1 fully saturated rings. The highest BCUT2D eigenvalue weighted by molar-refractivity contribution is 7.13. The summed E-state index contributed by atoms with van der Waals surface area (Å²) in [6.45, 7) is 1.72. The Morgan fingerprint density at radius 1 is 1.00 bits per heavy atom. The zero-order valence-corrected chi connectivity index (χ0v) is 17.5. The van der Waals surface area contributed by atoms with Crippen molar-refractivity contribution in [3.05, 3.63) is 69.9 Å². The van der Waals surface area contributed by atoms with Gasteiger partial charge in [-0.2, -0.15) is 0 Å². The molecule has 1 aliphatic heterocycles. The topological polar surface area (TPSA) is 84.4 Å². The molecule has 0 aliphatic carbocycles. The molecule has 3 aromatic rings. The van der Waals surface area contributed by atoms with Crippen molar-refractivity contribution in [1.29, 1.82) is 0 Å². The molecule has 2 heterocycles. The number of hydrogen-bond acceptors (Lipinski definition) is 6. The van der Waals surface area contributed by atoms with Gasteiger partial charge in [-0.05, 0) is 67.8 Å². The number of nitrogens with zero attached hydrogens (tertiary/aromatic N) is 3. The number of rotatable bonds is 6. The van der Waals surface area contributed by atoms with Crippen LogP contribution in [0.2, 0.25) is 0 Å². The van der Waals surface area contributed by atoms with Crippen LogP contribution in [0.4, 0.5) is 10.1 Å². The zero-order chi connectivity index (χ0) is 21.6. The number of carbonyl (C=O) groups excluding carboxylic acids is 2. The summed E-state index contributed by atoms with van der Waals surface area (Å²) >= 11 is 1.12. The smallest absolute Gasteiger partial charge is 0.286 e. The number of ether oxygens (including phenoxy) is 1. The van der Waals surface area contributed by atoms with Crippen molar-refractivity contribution < 1.29 is 18.7 Å². The fraction of sp³-hybridized carbons (Fsp3) is 0.273. The van der Waals surface area contributed by atoms with Crippen LogP contribution in [-0.2, 0) is 6.61 Å². The van der Waals surface area contributed by atoms with Crippen LogP contribution in [0.1, 0.15) is 44.4 Å². The summed E-state index contributed by atoms with van der Waals surface area (Å²) in [5.41, 5.74) is 1.18. The second kappa shape index (κ2) is 9.65. The largest absolute Gasteiger partial charge is 0.486 e. The summed E-state index contributed by atoms with van der Waals surface area (Å²) in [6.07, 6.45) is 3.25. The summed E-state index contributed by atoms with van der Waals surface area (Å²) in [6, 6.07) is 12.5. The van der Waals surface area contributed by atoms with E-state index < -0.39 is 0 Å². The Bertz CT molecular complexity index is 1050. The second-order valence-corrected chi connectivity index (χ2v) is 8.19. The van der Waals surface area contributed by atoms with E-state index in [-0.39, 0.29) is 29.2 Å². The minimum absolute atomic E-state index is 0.0208. The fourth-order valence-electron chi connectivity index (χ4n) is 3.24. The van der Waals surface area contributed by atoms with Gasteiger partial charge in [-0.3, -0.25) is 9.59 Å². The number of piperidine rings is 1. The third-order valence-electron chi connectivity index (χ3n) is 4.87. The summed E-state index contributed by atoms with van der Waals surface area (Å²) in [7, 11) is 0. The average Bonchev–Trinajstić information content (AvgIpc) is 3.29. The number of anilines is 1. The fourth-order valence-corrected chi connectivity index (χ4v) is 3.89. The maximum absolute atomic E-state index is 12.9. The average molecular weight is 441 g/mol. The van der Waals surface area contributed by atoms with Crippen LogP contribution in [0.3, 0.4) is 0 Å². The van der Waals surface area contributed by atoms with Crippen molar-refractivity contribution in [1.82, 2.24) is 15.1 Å². The standard InChI is InChI=1S/C22H21FN4O3S/c23-16-6-10-18(11-7-16)30-14-19-25-26-21(31-19)20(28)24-17-8-4-15(5-9-17)22(29)27-12-2-1-3-13-27/h4-11H,1-3,12-14H2,(H,24,28). The number of amides is 2. The van der Waals surface area contributed by atoms with E-state index in [1.807, 2.05) is 4.90 Å². The van der Waals surface area contributed by atoms with Crippen molar-refractivity contribution in [2.45, 2.75) is 25.9 Å². The number of nitrogens with one attached hydrogen (secondary N) is 1. The molecule has 160 valence electrons. The predicted molar refractivity (Wildman–Crippen MR) is 115 cm³/mol. The number of carbonyl (C=O) groups is 2. The third kappa shape index (κ3) is 5.43. The summed E-state index contributed by atoms with van der Waals surface area (Å²) < 4.78 is 18.4. The maximum atomic E-state index is 12.9. The Labute approximate surface area is 182 Å². The second-order valence-electron chi connectivity index (χ2n) is 7.13. The van der Waals surface area contributed by atoms with Crippen LogP contribution in [-0.4, -0.2) is 40.0 Å². The molecule has 0 radical (unpaired) electrons. The van der Waals surface area contributed by atoms with Gasteiger partial charge in [-0.25, -0.2) is 4.39 Å². The lowest BCUT2D eigenvalue weighted by Crippen LogP contribution is -2.35. The molecule has 2 amide bonds. The summed E-state index contributed by atoms with van der Waals surface area (Å²) in [5, 5.41) is 11.3. The Morgan fingerprint density at radius 3 is 2.42 bits per heavy atom. The molecule has 7 nitrogen and oxygen atoms in total. The van der Waals surface area contributed by atoms with Crippen LogP contribution in [0.15, 0.2) is 48.5 Å². The number of hydrogen-bond donors (Lipinski definition) is 1. The van der Waals surface area contributed by atoms with E-state index in [9.17, 15) is 14.0 Å². The number of halogens is 1. The first kappa shape index (κ1) is 20.9. The first-order valence-corrected chi connectivity index (χ1v) is 10.8. The summed E-state index contributed by atoms with van der Waals surface area (Å²) in [5.74, 6) is -0.207. The lowest BCUT2D eigenvalue weighted by Gasteiger charge is -2.26. The number of aromatic nitrogens is 2. The van der Waals surface area contributed by atoms with E-state index in [4.69, 9.17) is 4.74 Å². The molecule has 4 rings (SSSR count). The Hall–Kier alpha value is -3.33. The van der Waals surface area contributed by atoms with Gasteiger partial charge in [0.1, 0.15) is 18.2 Å². The summed E-state index contributed by atoms with van der Waals surface area (Å²) in [4.78, 5) is 26.8. The van der Waals surface area contributed by atoms with Gasteiger partial charge >= 0.3 is 0 Å². The SMILES string of the molecule is O=C(Nc1ccc(C(=O)N2CCCCC2)cc1)c1nnc(COc2ccc(F)cc2)s1. The molecule has 0 atom stereocenters. The highest BCUT2D eigenvalue weighted by Crippen LogP contribution is 2.19. The molecule has 2 aromatic carbocycles. The molecular weight excluding hydrogens is 419 g/mol. The molecule has 0 spiro atoms. The van der Waals surface area contributed by atoms with Gasteiger partial charge in [0, 0.05) is 24.3 Å². The lowest BCUT2D eigenvalue weighted by molar-refractivity contribution is 0.0724. The van der Waals surface area contributed by atoms with E-state index in [1.165, 1.54) is 30.7 Å². The van der Waals surface area contributed by atoms with Crippen molar-refractivity contribution in [2.75, 3.05) is 18.4 Å². The molecule has 0 bridgehead atoms. The molecule has 0 saturated carbocycles. The third-order valence-corrected chi connectivity index (χ3v) is 5.77. The van der Waals surface area contributed by atoms with Crippen LogP contribution in [0.25, 0.3) is 0 Å². The first-order chi connectivity index (χ1) is 15.1. The molecule has 9 heteroatoms. The molecule has 1 saturated heterocycles. The first-order valence-electron chi connectivity index (χ1n) is 10.00. The Kier molecular flexibility index (Phi) is 6.51. The predicted octanol–water partition coefficient (Wildman–Crippen LogP) is 4.13. The van der Waals surface area contributed by atoms with E-state index in [1.54, 1.807) is 24.3 Å². The highest BCUT2D eigenvalue weighted by Gasteiger charge is 2.18. The maximum Gasteiger partial charge on any atom is 0.286 e. The number of likely N-dealkylation sites (tertiary alicyclic amines) is 1. The van der Waals surface area contributed by atoms with E-state index in [2.05, 4.69) is 15.5 Å². The van der Waals surface area contributed by atoms with Crippen LogP contribution >= 0.6 is 11.3 Å². The van der Waals surface area contributed by atoms with Crippen molar-refractivity contribution in [2.24, 2.45) is 0 Å². The van der Waals surface area contributed by atoms with Gasteiger partial charge in [0.25, 0.3) is 11.8 Å². The molecule has 1 aromatic heterocycles. The molecule has 1 aliphatic rings. The molecule has 0 unspecified atom stereocenters. The van der Waals surface area contributed by atoms with Crippen molar-refractivity contribution in [3.8, 4) is 5.75 Å². The minimum atomic E-state index is -0.388. The monoisotopic (exact) mass is 440 g/mol. The zero-order valence-electron chi connectivity index (χ0n) is 16.7. The van der Waals surface area contributed by atoms with Crippen LogP contribution in [0, 0.1) is 5.82 Å². The van der Waals surface area contributed by atoms with Gasteiger partial charge in [-0.1, -0.05) is 11.3 Å². The van der Waals surface area contributed by atoms with E-state index >= 15 is 0 Å². The van der Waals surface area contributed by atoms with Crippen molar-refractivity contribution >= 4 is 28.8 Å². The van der Waals surface area contributed by atoms with Gasteiger partial charge in [0.05, 0.1) is 0 Å². The minimum Gasteiger partial charge on any atom is -0.486 e. The normalized spacial score (nSPS) is 13.6. The van der Waals surface area contributed by atoms with Gasteiger partial charge in [0.2, 0.25) is 5.01 Å². The Morgan fingerprint density at radius 2 is 1.71 bits per heavy atom. The highest BCUT2D eigenvalue weighted by atomic mass is 32.1. The Balaban J connectivity index is 1.32. The van der Waals surface area contributed by atoms with E-state index in [0.29, 0.717) is 22.0 Å². The lowest BCUT2D eigenvalue weighted by atomic mass is 10.1.